The van der Waals surface area contributed by atoms with E-state index >= 15 is 0 Å². The number of aromatic nitrogens is 1. The molecule has 45 heavy (non-hydrogen) atoms. The van der Waals surface area contributed by atoms with Crippen LogP contribution in [0, 0.1) is 0 Å². The molecule has 3 N–H and O–H groups in total. The Kier molecular flexibility index (Phi) is 9.09. The lowest BCUT2D eigenvalue weighted by Gasteiger charge is -2.26. The number of hydrogen-bond donors (Lipinski definition) is 3. The van der Waals surface area contributed by atoms with Crippen molar-refractivity contribution < 1.29 is 19.1 Å². The predicted octanol–water partition coefficient (Wildman–Crippen LogP) is 7.04. The number of nitrogens with zero attached hydrogens (tertiary/aromatic N) is 2. The van der Waals surface area contributed by atoms with E-state index in [0.29, 0.717) is 28.4 Å². The Hall–Kier alpha value is -5.12. The Balaban J connectivity index is 1.07. The summed E-state index contributed by atoms with van der Waals surface area (Å²) in [5, 5.41) is 9.77. The quantitative estimate of drug-likeness (QED) is 0.168. The number of carbonyl (C=O) groups is 2. The highest BCUT2D eigenvalue weighted by atomic mass is 16.5. The predicted molar refractivity (Wildman–Crippen MR) is 178 cm³/mol. The molecule has 5 aromatic rings. The van der Waals surface area contributed by atoms with Crippen molar-refractivity contribution in [3.05, 3.63) is 114 Å². The number of rotatable bonds is 9. The van der Waals surface area contributed by atoms with Gasteiger partial charge in [0.2, 0.25) is 0 Å². The summed E-state index contributed by atoms with van der Waals surface area (Å²) in [4.78, 5) is 27.4. The van der Waals surface area contributed by atoms with Crippen LogP contribution in [-0.4, -0.2) is 53.8 Å². The molecule has 6 rings (SSSR count). The molecule has 4 aromatic carbocycles. The highest BCUT2D eigenvalue weighted by Crippen LogP contribution is 2.27. The molecule has 0 saturated carbocycles. The number of morpholine rings is 1. The number of nitrogens with one attached hydrogen (secondary N) is 3. The summed E-state index contributed by atoms with van der Waals surface area (Å²) in [5.41, 5.74) is 5.32. The molecule has 9 nitrogen and oxygen atoms in total. The second-order valence-corrected chi connectivity index (χ2v) is 11.3. The van der Waals surface area contributed by atoms with Crippen molar-refractivity contribution in [2.24, 2.45) is 0 Å². The summed E-state index contributed by atoms with van der Waals surface area (Å²) in [6, 6.07) is 30.2. The Bertz CT molecular complexity index is 1760. The fraction of sp³-hybridized carbons (Fsp3) is 0.222. The van der Waals surface area contributed by atoms with Crippen molar-refractivity contribution >= 4 is 34.2 Å². The molecule has 0 bridgehead atoms. The molecule has 230 valence electrons. The fourth-order valence-electron chi connectivity index (χ4n) is 5.34. The first-order valence-electron chi connectivity index (χ1n) is 15.2. The van der Waals surface area contributed by atoms with Gasteiger partial charge in [-0.1, -0.05) is 18.2 Å². The molecule has 1 fully saturated rings. The maximum absolute atomic E-state index is 13.0. The monoisotopic (exact) mass is 603 g/mol. The summed E-state index contributed by atoms with van der Waals surface area (Å²) >= 11 is 0. The molecule has 1 aromatic heterocycles. The summed E-state index contributed by atoms with van der Waals surface area (Å²) in [6.07, 6.45) is 2.20. The minimum atomic E-state index is -0.254. The van der Waals surface area contributed by atoms with Gasteiger partial charge in [0.05, 0.1) is 18.7 Å². The third-order valence-electron chi connectivity index (χ3n) is 7.58. The molecule has 2 heterocycles. The Morgan fingerprint density at radius 3 is 2.07 bits per heavy atom. The number of anilines is 2. The summed E-state index contributed by atoms with van der Waals surface area (Å²) < 4.78 is 13.6. The molecule has 1 saturated heterocycles. The van der Waals surface area contributed by atoms with Gasteiger partial charge in [0.15, 0.2) is 0 Å². The molecule has 0 unspecified atom stereocenters. The molecular weight excluding hydrogens is 566 g/mol. The van der Waals surface area contributed by atoms with E-state index in [2.05, 4.69) is 55.9 Å². The van der Waals surface area contributed by atoms with Crippen LogP contribution in [-0.2, 0) is 11.3 Å². The second-order valence-electron chi connectivity index (χ2n) is 11.3. The van der Waals surface area contributed by atoms with Crippen LogP contribution in [0.1, 0.15) is 29.8 Å². The third-order valence-corrected chi connectivity index (χ3v) is 7.58. The molecule has 0 radical (unpaired) electrons. The molecule has 9 heteroatoms. The molecule has 1 aliphatic rings. The second kappa shape index (κ2) is 13.7. The maximum Gasteiger partial charge on any atom is 0.319 e. The first-order chi connectivity index (χ1) is 21.9. The number of urea groups is 1. The van der Waals surface area contributed by atoms with Crippen molar-refractivity contribution in [2.45, 2.75) is 26.4 Å². The number of hydrogen-bond acceptors (Lipinski definition) is 5. The van der Waals surface area contributed by atoms with Crippen LogP contribution >= 0.6 is 0 Å². The summed E-state index contributed by atoms with van der Waals surface area (Å²) in [5.74, 6) is 1.07. The molecule has 3 amide bonds. The first-order valence-corrected chi connectivity index (χ1v) is 15.2. The van der Waals surface area contributed by atoms with E-state index in [-0.39, 0.29) is 18.0 Å². The van der Waals surface area contributed by atoms with Gasteiger partial charge in [0, 0.05) is 59.9 Å². The standard InChI is InChI=1S/C36H37N5O4/c1-25(2)37-36(43)39-29-11-17-32(18-12-29)45-31-15-9-28(10-16-31)38-35(42)26-7-13-30(14-8-26)41-24-27(23-40-19-21-44-22-20-40)33-5-3-4-6-34(33)41/h3-18,24-25H,19-23H2,1-2H3,(H,38,42)(H2,37,39,43). The van der Waals surface area contributed by atoms with Gasteiger partial charge in [0.1, 0.15) is 11.5 Å². The Morgan fingerprint density at radius 2 is 1.42 bits per heavy atom. The topological polar surface area (TPSA) is 96.9 Å². The zero-order valence-corrected chi connectivity index (χ0v) is 25.5. The van der Waals surface area contributed by atoms with E-state index in [1.165, 1.54) is 10.9 Å². The lowest BCUT2D eigenvalue weighted by Crippen LogP contribution is -2.35. The molecule has 1 aliphatic heterocycles. The van der Waals surface area contributed by atoms with Crippen LogP contribution in [0.2, 0.25) is 0 Å². The van der Waals surface area contributed by atoms with Crippen molar-refractivity contribution in [3.8, 4) is 17.2 Å². The summed E-state index contributed by atoms with van der Waals surface area (Å²) in [6.45, 7) is 8.10. The SMILES string of the molecule is CC(C)NC(=O)Nc1ccc(Oc2ccc(NC(=O)c3ccc(-n4cc(CN5CCOCC5)c5ccccc54)cc3)cc2)cc1. The van der Waals surface area contributed by atoms with Gasteiger partial charge in [0.25, 0.3) is 5.91 Å². The summed E-state index contributed by atoms with van der Waals surface area (Å²) in [7, 11) is 0. The van der Waals surface area contributed by atoms with Gasteiger partial charge in [-0.25, -0.2) is 4.79 Å². The number of para-hydroxylation sites is 1. The normalized spacial score (nSPS) is 13.5. The van der Waals surface area contributed by atoms with Crippen LogP contribution < -0.4 is 20.7 Å². The van der Waals surface area contributed by atoms with Crippen LogP contribution in [0.3, 0.4) is 0 Å². The van der Waals surface area contributed by atoms with Gasteiger partial charge in [-0.3, -0.25) is 9.69 Å². The Labute approximate surface area is 262 Å². The minimum Gasteiger partial charge on any atom is -0.457 e. The van der Waals surface area contributed by atoms with Gasteiger partial charge in [-0.2, -0.15) is 0 Å². The highest BCUT2D eigenvalue weighted by molar-refractivity contribution is 6.04. The third kappa shape index (κ3) is 7.52. The van der Waals surface area contributed by atoms with Gasteiger partial charge >= 0.3 is 6.03 Å². The van der Waals surface area contributed by atoms with E-state index in [1.54, 1.807) is 48.5 Å². The number of ether oxygens (including phenoxy) is 2. The lowest BCUT2D eigenvalue weighted by atomic mass is 10.1. The average Bonchev–Trinajstić information content (AvgIpc) is 3.41. The van der Waals surface area contributed by atoms with Crippen molar-refractivity contribution in [1.82, 2.24) is 14.8 Å². The first kappa shape index (κ1) is 29.9. The van der Waals surface area contributed by atoms with Crippen LogP contribution in [0.25, 0.3) is 16.6 Å². The minimum absolute atomic E-state index is 0.0527. The fourth-order valence-corrected chi connectivity index (χ4v) is 5.34. The highest BCUT2D eigenvalue weighted by Gasteiger charge is 2.16. The van der Waals surface area contributed by atoms with Crippen molar-refractivity contribution in [2.75, 3.05) is 36.9 Å². The number of benzene rings is 4. The van der Waals surface area contributed by atoms with E-state index in [9.17, 15) is 9.59 Å². The zero-order valence-electron chi connectivity index (χ0n) is 25.5. The van der Waals surface area contributed by atoms with E-state index in [0.717, 1.165) is 44.1 Å². The average molecular weight is 604 g/mol. The van der Waals surface area contributed by atoms with Gasteiger partial charge in [-0.15, -0.1) is 0 Å². The lowest BCUT2D eigenvalue weighted by molar-refractivity contribution is 0.0343. The largest absolute Gasteiger partial charge is 0.457 e. The maximum atomic E-state index is 13.0. The van der Waals surface area contributed by atoms with E-state index in [4.69, 9.17) is 9.47 Å². The van der Waals surface area contributed by atoms with Crippen molar-refractivity contribution in [3.63, 3.8) is 0 Å². The van der Waals surface area contributed by atoms with Crippen LogP contribution in [0.4, 0.5) is 16.2 Å². The number of amides is 3. The zero-order chi connectivity index (χ0) is 31.2. The molecular formula is C36H37N5O4. The smallest absolute Gasteiger partial charge is 0.319 e. The van der Waals surface area contributed by atoms with E-state index in [1.807, 2.05) is 38.1 Å². The number of fused-ring (bicyclic) bond motifs is 1. The Morgan fingerprint density at radius 1 is 0.800 bits per heavy atom. The molecule has 0 aliphatic carbocycles. The van der Waals surface area contributed by atoms with Gasteiger partial charge < -0.3 is 30.0 Å². The number of carbonyl (C=O) groups excluding carboxylic acids is 2. The van der Waals surface area contributed by atoms with Gasteiger partial charge in [-0.05, 0) is 98.3 Å². The van der Waals surface area contributed by atoms with E-state index < -0.39 is 0 Å². The molecule has 0 atom stereocenters. The van der Waals surface area contributed by atoms with Crippen molar-refractivity contribution in [1.29, 1.82) is 0 Å². The van der Waals surface area contributed by atoms with Crippen LogP contribution in [0.15, 0.2) is 103 Å². The molecule has 0 spiro atoms. The van der Waals surface area contributed by atoms with Crippen LogP contribution in [0.5, 0.6) is 11.5 Å².